The summed E-state index contributed by atoms with van der Waals surface area (Å²) in [6.07, 6.45) is 5.52. The van der Waals surface area contributed by atoms with E-state index in [1.807, 2.05) is 66.7 Å². The zero-order valence-corrected chi connectivity index (χ0v) is 52.5. The number of carboxylic acid groups (broad SMARTS) is 1. The summed E-state index contributed by atoms with van der Waals surface area (Å²) >= 11 is 0. The van der Waals surface area contributed by atoms with Crippen LogP contribution in [0.5, 0.6) is 0 Å². The van der Waals surface area contributed by atoms with Crippen molar-refractivity contribution in [1.29, 1.82) is 0 Å². The molecule has 0 bridgehead atoms. The van der Waals surface area contributed by atoms with Gasteiger partial charge in [0.05, 0.1) is 130 Å². The Labute approximate surface area is 504 Å². The average molecular weight is 1180 g/mol. The summed E-state index contributed by atoms with van der Waals surface area (Å²) < 4.78 is 160. The van der Waals surface area contributed by atoms with Crippen LogP contribution in [0.1, 0.15) is 70.3 Å². The zero-order valence-electron chi connectivity index (χ0n) is 46.1. The first-order valence-electron chi connectivity index (χ1n) is 25.0. The largest absolute Gasteiger partial charge is 1.00 e. The van der Waals surface area contributed by atoms with Gasteiger partial charge in [-0.2, -0.15) is 0 Å². The molecule has 0 amide bonds. The van der Waals surface area contributed by atoms with E-state index < -0.39 is 63.6 Å². The topological polar surface area (TPSA) is 302 Å². The minimum atomic E-state index is -4.91. The molecule has 78 heavy (non-hydrogen) atoms. The van der Waals surface area contributed by atoms with Gasteiger partial charge in [-0.05, 0) is 67.3 Å². The fourth-order valence-corrected chi connectivity index (χ4v) is 9.66. The number of nitrogens with zero attached hydrogens (tertiary/aromatic N) is 2. The quantitative estimate of drug-likeness (QED) is 0.0269. The predicted octanol–water partition coefficient (Wildman–Crippen LogP) is -2.46. The van der Waals surface area contributed by atoms with Crippen LogP contribution in [0.15, 0.2) is 69.6 Å². The van der Waals surface area contributed by atoms with E-state index in [2.05, 4.69) is 0 Å². The summed E-state index contributed by atoms with van der Waals surface area (Å²) in [6, 6.07) is 11.6. The Balaban J connectivity index is 0.0000104. The van der Waals surface area contributed by atoms with Crippen LogP contribution in [0.3, 0.4) is 0 Å². The molecule has 1 atom stereocenters. The van der Waals surface area contributed by atoms with Gasteiger partial charge in [-0.25, -0.2) is 29.8 Å². The molecule has 0 saturated carbocycles. The third-order valence-electron chi connectivity index (χ3n) is 12.0. The first-order valence-corrected chi connectivity index (χ1v) is 29.5. The number of fused-ring (bicyclic) bond motifs is 2. The molecule has 22 nitrogen and oxygen atoms in total. The van der Waals surface area contributed by atoms with Crippen molar-refractivity contribution in [3.63, 3.8) is 0 Å². The number of carbonyl (C=O) groups is 1. The molecular weight excluding hydrogens is 1100 g/mol. The minimum absolute atomic E-state index is 0. The van der Waals surface area contributed by atoms with Gasteiger partial charge in [0.1, 0.15) is 34.8 Å². The maximum Gasteiger partial charge on any atom is 1.00 e. The van der Waals surface area contributed by atoms with Crippen molar-refractivity contribution in [3.05, 3.63) is 82.6 Å². The number of anilines is 1. The second kappa shape index (κ2) is 35.7. The van der Waals surface area contributed by atoms with Gasteiger partial charge >= 0.3 is 65.1 Å². The molecule has 1 aromatic carbocycles. The number of allylic oxidation sites excluding steroid dienone is 3. The Morgan fingerprint density at radius 3 is 1.78 bits per heavy atom. The number of rotatable bonds is 38. The summed E-state index contributed by atoms with van der Waals surface area (Å²) in [5.74, 6) is -1.01. The van der Waals surface area contributed by atoms with Crippen molar-refractivity contribution < 1.29 is 150 Å². The number of aliphatic carboxylic acids is 1. The molecule has 4 rings (SSSR count). The van der Waals surface area contributed by atoms with Crippen LogP contribution in [0, 0.1) is 0 Å². The van der Waals surface area contributed by atoms with E-state index in [9.17, 15) is 43.7 Å². The molecule has 1 unspecified atom stereocenters. The molecule has 2 aliphatic heterocycles. The van der Waals surface area contributed by atoms with E-state index >= 15 is 0 Å². The van der Waals surface area contributed by atoms with Crippen molar-refractivity contribution in [2.24, 2.45) is 0 Å². The van der Waals surface area contributed by atoms with Crippen molar-refractivity contribution in [2.45, 2.75) is 69.1 Å². The third kappa shape index (κ3) is 25.9. The van der Waals surface area contributed by atoms with Gasteiger partial charge in [0, 0.05) is 65.4 Å². The molecule has 1 aromatic rings. The van der Waals surface area contributed by atoms with Gasteiger partial charge in [0.15, 0.2) is 6.54 Å². The van der Waals surface area contributed by atoms with Gasteiger partial charge < -0.3 is 66.0 Å². The Morgan fingerprint density at radius 2 is 1.24 bits per heavy atom. The van der Waals surface area contributed by atoms with Gasteiger partial charge in [0.2, 0.25) is 5.36 Å². The van der Waals surface area contributed by atoms with Crippen LogP contribution in [-0.4, -0.2) is 187 Å². The fraction of sp³-hybridized carbons (Fsp3) is 0.608. The SMILES string of the molecule is COCCOCCOCCOCC[N+](CCCS(=O)(=O)[O-])=c1ccc2c(/C=C/C=C3\N(CCOCCOCCOCCOCCC(=O)O)c4ccc(S(=O)(=O)[O-])cc4C3(C)CCCS(=O)(=O)[O-])cc(C(C)(C)C)oc-2c1.[Na+].[Na+]. The van der Waals surface area contributed by atoms with E-state index in [4.69, 9.17) is 47.4 Å². The standard InChI is InChI=1S/C51H76N2O20S3.2Na/c1-50(2,3)48-37-40(43-13-11-41(38-46(43)73-48)52(17-8-36-75(59,60)61)18-21-67-26-29-71-32-31-69-24-23-65-5)9-6-10-47-51(4,16-7-35-74(56,57)58)44-39-42(76(62,63)64)12-14-45(44)53(47)19-22-68-27-30-72-34-33-70-28-25-66-20-15-49(54)55;;/h6,9-14,37-39H,7-8,15-36H2,1-5H3,(H3-,54,55,56,57,58,59,60,61,62,63,64);;/q;2*+1/p-2. The van der Waals surface area contributed by atoms with E-state index in [1.165, 1.54) is 18.2 Å². The normalized spacial score (nSPS) is 15.9. The smallest absolute Gasteiger partial charge is 0.748 e. The van der Waals surface area contributed by atoms with Crippen molar-refractivity contribution >= 4 is 48.1 Å². The molecular formula is C51H74N2Na2O20S3. The number of methoxy groups -OCH3 is 1. The third-order valence-corrected chi connectivity index (χ3v) is 14.4. The Morgan fingerprint density at radius 1 is 0.705 bits per heavy atom. The number of carboxylic acids is 1. The zero-order chi connectivity index (χ0) is 55.8. The van der Waals surface area contributed by atoms with Crippen LogP contribution >= 0.6 is 0 Å². The first-order chi connectivity index (χ1) is 35.9. The molecule has 0 aromatic heterocycles. The maximum absolute atomic E-state index is 12.3. The molecule has 0 spiro atoms. The first kappa shape index (κ1) is 71.9. The Hall–Kier alpha value is -2.19. The van der Waals surface area contributed by atoms with Gasteiger partial charge in [0.25, 0.3) is 0 Å². The number of ether oxygens (including phenoxy) is 8. The second-order valence-corrected chi connectivity index (χ2v) is 23.3. The summed E-state index contributed by atoms with van der Waals surface area (Å²) in [5.41, 5.74) is 1.53. The molecule has 27 heteroatoms. The number of hydrogen-bond donors (Lipinski definition) is 1. The fourth-order valence-electron chi connectivity index (χ4n) is 8.18. The van der Waals surface area contributed by atoms with E-state index in [0.29, 0.717) is 80.0 Å². The molecule has 1 aliphatic carbocycles. The predicted molar refractivity (Wildman–Crippen MR) is 278 cm³/mol. The molecule has 0 saturated heterocycles. The van der Waals surface area contributed by atoms with Crippen molar-refractivity contribution in [2.75, 3.05) is 142 Å². The monoisotopic (exact) mass is 1180 g/mol. The van der Waals surface area contributed by atoms with Crippen LogP contribution in [0.4, 0.5) is 5.69 Å². The van der Waals surface area contributed by atoms with E-state index in [0.717, 1.165) is 11.1 Å². The van der Waals surface area contributed by atoms with Crippen molar-refractivity contribution in [1.82, 2.24) is 4.58 Å². The van der Waals surface area contributed by atoms with Gasteiger partial charge in [-0.15, -0.1) is 0 Å². The number of hydrogen-bond acceptors (Lipinski definition) is 20. The molecule has 0 radical (unpaired) electrons. The summed E-state index contributed by atoms with van der Waals surface area (Å²) in [4.78, 5) is 12.0. The van der Waals surface area contributed by atoms with Crippen LogP contribution in [0.25, 0.3) is 17.4 Å². The van der Waals surface area contributed by atoms with Crippen LogP contribution in [-0.2, 0) is 83.9 Å². The molecule has 0 fully saturated rings. The minimum Gasteiger partial charge on any atom is -0.748 e. The van der Waals surface area contributed by atoms with Crippen LogP contribution in [0.2, 0.25) is 0 Å². The van der Waals surface area contributed by atoms with Gasteiger partial charge in [-0.3, -0.25) is 4.79 Å². The van der Waals surface area contributed by atoms with Crippen LogP contribution < -0.4 is 73.9 Å². The van der Waals surface area contributed by atoms with Gasteiger partial charge in [-0.1, -0.05) is 32.9 Å². The van der Waals surface area contributed by atoms with Crippen molar-refractivity contribution in [3.8, 4) is 11.3 Å². The maximum atomic E-state index is 12.3. The van der Waals surface area contributed by atoms with E-state index in [1.54, 1.807) is 20.1 Å². The molecule has 2 heterocycles. The number of benzene rings is 2. The summed E-state index contributed by atoms with van der Waals surface area (Å²) in [7, 11) is -12.4. The second-order valence-electron chi connectivity index (χ2n) is 18.9. The Bertz CT molecular complexity index is 2750. The molecule has 3 aliphatic rings. The average Bonchev–Trinajstić information content (AvgIpc) is 3.62. The summed E-state index contributed by atoms with van der Waals surface area (Å²) in [5, 5.41) is 9.39. The molecule has 428 valence electrons. The Kier molecular flexibility index (Phi) is 32.9. The molecule has 1 N–H and O–H groups in total. The van der Waals surface area contributed by atoms with E-state index in [-0.39, 0.29) is 157 Å². The summed E-state index contributed by atoms with van der Waals surface area (Å²) in [6.45, 7) is 13.1.